The summed E-state index contributed by atoms with van der Waals surface area (Å²) in [6, 6.07) is 0. The molecule has 0 radical (unpaired) electrons. The van der Waals surface area contributed by atoms with E-state index in [1.807, 2.05) is 0 Å². The smallest absolute Gasteiger partial charge is 0.307 e. The third-order valence-corrected chi connectivity index (χ3v) is 4.72. The molecule has 0 aromatic carbocycles. The quantitative estimate of drug-likeness (QED) is 0.699. The highest BCUT2D eigenvalue weighted by Crippen LogP contribution is 2.74. The molecular weight excluding hydrogens is 176 g/mol. The van der Waals surface area contributed by atoms with Gasteiger partial charge in [-0.1, -0.05) is 39.5 Å². The average Bonchev–Trinajstić information content (AvgIpc) is 2.65. The fraction of sp³-hybridized carbons (Fsp3) is 0.917. The lowest BCUT2D eigenvalue weighted by molar-refractivity contribution is -0.140. The zero-order valence-corrected chi connectivity index (χ0v) is 9.18. The van der Waals surface area contributed by atoms with Crippen LogP contribution in [0.25, 0.3) is 0 Å². The van der Waals surface area contributed by atoms with Gasteiger partial charge >= 0.3 is 5.97 Å². The maximum Gasteiger partial charge on any atom is 0.307 e. The van der Waals surface area contributed by atoms with Crippen molar-refractivity contribution >= 4 is 5.97 Å². The molecule has 14 heavy (non-hydrogen) atoms. The van der Waals surface area contributed by atoms with Crippen molar-refractivity contribution in [2.24, 2.45) is 16.7 Å². The molecule has 2 aliphatic rings. The van der Waals surface area contributed by atoms with Crippen LogP contribution in [0.3, 0.4) is 0 Å². The van der Waals surface area contributed by atoms with Crippen molar-refractivity contribution in [1.29, 1.82) is 0 Å². The summed E-state index contributed by atoms with van der Waals surface area (Å²) in [7, 11) is 0. The minimum atomic E-state index is -0.572. The third kappa shape index (κ3) is 1.12. The molecule has 2 rings (SSSR count). The summed E-state index contributed by atoms with van der Waals surface area (Å²) >= 11 is 0. The summed E-state index contributed by atoms with van der Waals surface area (Å²) in [6.07, 6.45) is 7.32. The second-order valence-electron chi connectivity index (χ2n) is 5.56. The van der Waals surface area contributed by atoms with Gasteiger partial charge in [0.2, 0.25) is 0 Å². The van der Waals surface area contributed by atoms with Crippen LogP contribution in [0.4, 0.5) is 0 Å². The van der Waals surface area contributed by atoms with Gasteiger partial charge in [0.15, 0.2) is 0 Å². The van der Waals surface area contributed by atoms with Gasteiger partial charge in [-0.05, 0) is 23.7 Å². The van der Waals surface area contributed by atoms with Gasteiger partial charge in [0.25, 0.3) is 0 Å². The Bertz CT molecular complexity index is 247. The van der Waals surface area contributed by atoms with Crippen LogP contribution in [0, 0.1) is 16.7 Å². The van der Waals surface area contributed by atoms with E-state index in [9.17, 15) is 9.90 Å². The van der Waals surface area contributed by atoms with E-state index in [2.05, 4.69) is 13.8 Å². The molecule has 2 fully saturated rings. The Hall–Kier alpha value is -0.530. The number of carboxylic acids is 1. The molecule has 1 N–H and O–H groups in total. The van der Waals surface area contributed by atoms with Gasteiger partial charge in [0.05, 0.1) is 5.92 Å². The number of hydrogen-bond donors (Lipinski definition) is 1. The Balaban J connectivity index is 2.19. The molecule has 2 saturated carbocycles. The Morgan fingerprint density at radius 1 is 1.14 bits per heavy atom. The van der Waals surface area contributed by atoms with Crippen molar-refractivity contribution < 1.29 is 9.90 Å². The summed E-state index contributed by atoms with van der Waals surface area (Å²) in [6.45, 7) is 4.27. The molecule has 0 saturated heterocycles. The molecule has 2 heteroatoms. The van der Waals surface area contributed by atoms with E-state index in [1.165, 1.54) is 25.7 Å². The Morgan fingerprint density at radius 3 is 2.00 bits per heavy atom. The number of aliphatic carboxylic acids is 1. The third-order valence-electron chi connectivity index (χ3n) is 4.72. The summed E-state index contributed by atoms with van der Waals surface area (Å²) in [4.78, 5) is 11.2. The van der Waals surface area contributed by atoms with Crippen molar-refractivity contribution in [3.05, 3.63) is 0 Å². The standard InChI is InChI=1S/C12H20O2/c1-11(2)9(10(13)14)12(11)7-5-3-4-6-8-12/h9H,3-8H2,1-2H3,(H,13,14). The van der Waals surface area contributed by atoms with Gasteiger partial charge in [-0.25, -0.2) is 0 Å². The van der Waals surface area contributed by atoms with Crippen molar-refractivity contribution in [3.63, 3.8) is 0 Å². The Kier molecular flexibility index (Phi) is 2.13. The van der Waals surface area contributed by atoms with Gasteiger partial charge in [-0.2, -0.15) is 0 Å². The summed E-state index contributed by atoms with van der Waals surface area (Å²) in [5.74, 6) is -0.648. The lowest BCUT2D eigenvalue weighted by Crippen LogP contribution is -2.10. The highest BCUT2D eigenvalue weighted by molar-refractivity contribution is 5.77. The van der Waals surface area contributed by atoms with E-state index < -0.39 is 5.97 Å². The van der Waals surface area contributed by atoms with Crippen LogP contribution in [0.1, 0.15) is 52.4 Å². The summed E-state index contributed by atoms with van der Waals surface area (Å²) in [5, 5.41) is 9.20. The van der Waals surface area contributed by atoms with Crippen LogP contribution in [0.5, 0.6) is 0 Å². The molecule has 80 valence electrons. The van der Waals surface area contributed by atoms with Crippen molar-refractivity contribution in [1.82, 2.24) is 0 Å². The van der Waals surface area contributed by atoms with Gasteiger partial charge in [0.1, 0.15) is 0 Å². The fourth-order valence-electron chi connectivity index (χ4n) is 3.78. The Labute approximate surface area is 85.7 Å². The van der Waals surface area contributed by atoms with E-state index in [-0.39, 0.29) is 16.7 Å². The van der Waals surface area contributed by atoms with E-state index in [0.29, 0.717) is 0 Å². The van der Waals surface area contributed by atoms with Crippen LogP contribution >= 0.6 is 0 Å². The van der Waals surface area contributed by atoms with E-state index in [4.69, 9.17) is 0 Å². The number of hydrogen-bond acceptors (Lipinski definition) is 1. The maximum atomic E-state index is 11.2. The van der Waals surface area contributed by atoms with E-state index >= 15 is 0 Å². The SMILES string of the molecule is CC1(C)C(C(=O)O)C12CCCCCC2. The highest BCUT2D eigenvalue weighted by Gasteiger charge is 2.72. The van der Waals surface area contributed by atoms with Crippen LogP contribution in [-0.4, -0.2) is 11.1 Å². The van der Waals surface area contributed by atoms with Crippen molar-refractivity contribution in [2.75, 3.05) is 0 Å². The molecule has 2 aliphatic carbocycles. The topological polar surface area (TPSA) is 37.3 Å². The monoisotopic (exact) mass is 196 g/mol. The lowest BCUT2D eigenvalue weighted by Gasteiger charge is -2.16. The summed E-state index contributed by atoms with van der Waals surface area (Å²) < 4.78 is 0. The predicted molar refractivity (Wildman–Crippen MR) is 55.0 cm³/mol. The zero-order valence-electron chi connectivity index (χ0n) is 9.18. The minimum Gasteiger partial charge on any atom is -0.481 e. The first-order chi connectivity index (χ1) is 6.52. The molecule has 0 amide bonds. The molecule has 0 aromatic heterocycles. The molecule has 1 atom stereocenters. The fourth-order valence-corrected chi connectivity index (χ4v) is 3.78. The first-order valence-corrected chi connectivity index (χ1v) is 5.75. The van der Waals surface area contributed by atoms with E-state index in [0.717, 1.165) is 12.8 Å². The van der Waals surface area contributed by atoms with Crippen LogP contribution < -0.4 is 0 Å². The van der Waals surface area contributed by atoms with Gasteiger partial charge in [-0.3, -0.25) is 4.79 Å². The molecule has 0 heterocycles. The lowest BCUT2D eigenvalue weighted by atomic mass is 9.88. The molecular formula is C12H20O2. The second-order valence-corrected chi connectivity index (χ2v) is 5.56. The summed E-state index contributed by atoms with van der Waals surface area (Å²) in [5.41, 5.74) is 0.193. The molecule has 0 aliphatic heterocycles. The molecule has 0 bridgehead atoms. The average molecular weight is 196 g/mol. The zero-order chi connectivity index (χ0) is 10.4. The second kappa shape index (κ2) is 2.98. The van der Waals surface area contributed by atoms with Gasteiger partial charge in [0, 0.05) is 0 Å². The predicted octanol–water partition coefficient (Wildman–Crippen LogP) is 3.07. The van der Waals surface area contributed by atoms with Crippen molar-refractivity contribution in [2.45, 2.75) is 52.4 Å². The van der Waals surface area contributed by atoms with Gasteiger partial charge in [-0.15, -0.1) is 0 Å². The van der Waals surface area contributed by atoms with Crippen molar-refractivity contribution in [3.8, 4) is 0 Å². The van der Waals surface area contributed by atoms with Crippen LogP contribution in [0.2, 0.25) is 0 Å². The number of rotatable bonds is 1. The molecule has 1 unspecified atom stereocenters. The minimum absolute atomic E-state index is 0.0448. The molecule has 0 aromatic rings. The van der Waals surface area contributed by atoms with E-state index in [1.54, 1.807) is 0 Å². The Morgan fingerprint density at radius 2 is 1.64 bits per heavy atom. The van der Waals surface area contributed by atoms with Crippen LogP contribution in [0.15, 0.2) is 0 Å². The first kappa shape index (κ1) is 10.0. The molecule has 2 nitrogen and oxygen atoms in total. The first-order valence-electron chi connectivity index (χ1n) is 5.75. The van der Waals surface area contributed by atoms with Gasteiger partial charge < -0.3 is 5.11 Å². The highest BCUT2D eigenvalue weighted by atomic mass is 16.4. The van der Waals surface area contributed by atoms with Crippen LogP contribution in [-0.2, 0) is 4.79 Å². The number of carboxylic acid groups (broad SMARTS) is 1. The largest absolute Gasteiger partial charge is 0.481 e. The number of carbonyl (C=O) groups is 1. The molecule has 1 spiro atoms. The maximum absolute atomic E-state index is 11.2. The normalized spacial score (nSPS) is 33.7.